The molecule has 0 N–H and O–H groups in total. The molecule has 3 heterocycles. The molecule has 1 aliphatic heterocycles. The maximum atomic E-state index is 7.06. The molecule has 2 aromatic heterocycles. The molecule has 0 bridgehead atoms. The Labute approximate surface area is 299 Å². The second-order valence-electron chi connectivity index (χ2n) is 13.4. The second-order valence-corrected chi connectivity index (χ2v) is 14.5. The number of aromatic nitrogens is 1. The lowest BCUT2D eigenvalue weighted by atomic mass is 9.66. The average molecular weight is 668 g/mol. The fourth-order valence-corrected chi connectivity index (χ4v) is 9.65. The summed E-state index contributed by atoms with van der Waals surface area (Å²) in [5.74, 6) is 1.85. The summed E-state index contributed by atoms with van der Waals surface area (Å²) in [4.78, 5) is 5.27. The van der Waals surface area contributed by atoms with Crippen LogP contribution in [-0.2, 0) is 5.41 Å². The lowest BCUT2D eigenvalue weighted by Crippen LogP contribution is -2.32. The molecule has 0 unspecified atom stereocenters. The number of rotatable bonds is 3. The smallest absolute Gasteiger partial charge is 0.141 e. The van der Waals surface area contributed by atoms with Crippen molar-refractivity contribution in [1.82, 2.24) is 4.98 Å². The van der Waals surface area contributed by atoms with Gasteiger partial charge in [0.25, 0.3) is 0 Å². The first kappa shape index (κ1) is 28.5. The number of thiophene rings is 1. The minimum atomic E-state index is -0.492. The van der Waals surface area contributed by atoms with Gasteiger partial charge in [-0.25, -0.2) is 4.98 Å². The first-order valence-corrected chi connectivity index (χ1v) is 18.2. The van der Waals surface area contributed by atoms with Crippen LogP contribution in [0.25, 0.3) is 64.9 Å². The molecule has 2 nitrogen and oxygen atoms in total. The highest BCUT2D eigenvalue weighted by Gasteiger charge is 2.51. The van der Waals surface area contributed by atoms with Crippen LogP contribution >= 0.6 is 11.3 Å². The van der Waals surface area contributed by atoms with E-state index in [2.05, 4.69) is 176 Å². The Kier molecular flexibility index (Phi) is 6.07. The summed E-state index contributed by atoms with van der Waals surface area (Å²) in [6, 6.07) is 63.3. The molecule has 238 valence electrons. The van der Waals surface area contributed by atoms with E-state index in [1.54, 1.807) is 0 Å². The first-order chi connectivity index (χ1) is 25.3. The summed E-state index contributed by atoms with van der Waals surface area (Å²) in [5.41, 5.74) is 13.5. The van der Waals surface area contributed by atoms with E-state index in [-0.39, 0.29) is 0 Å². The molecule has 0 saturated heterocycles. The Morgan fingerprint density at radius 3 is 1.75 bits per heavy atom. The summed E-state index contributed by atoms with van der Waals surface area (Å²) >= 11 is 1.82. The Morgan fingerprint density at radius 2 is 1.02 bits per heavy atom. The zero-order valence-electron chi connectivity index (χ0n) is 27.5. The molecule has 51 heavy (non-hydrogen) atoms. The Morgan fingerprint density at radius 1 is 0.431 bits per heavy atom. The van der Waals surface area contributed by atoms with Crippen molar-refractivity contribution in [3.63, 3.8) is 0 Å². The van der Waals surface area contributed by atoms with E-state index in [4.69, 9.17) is 9.72 Å². The van der Waals surface area contributed by atoms with Gasteiger partial charge < -0.3 is 4.74 Å². The van der Waals surface area contributed by atoms with Gasteiger partial charge in [-0.05, 0) is 69.8 Å². The maximum absolute atomic E-state index is 7.06. The lowest BCUT2D eigenvalue weighted by molar-refractivity contribution is 0.442. The van der Waals surface area contributed by atoms with E-state index in [0.29, 0.717) is 0 Å². The van der Waals surface area contributed by atoms with Crippen LogP contribution in [0.4, 0.5) is 0 Å². The van der Waals surface area contributed by atoms with Crippen molar-refractivity contribution in [2.45, 2.75) is 5.41 Å². The van der Waals surface area contributed by atoms with Crippen LogP contribution in [0.1, 0.15) is 22.3 Å². The van der Waals surface area contributed by atoms with Crippen LogP contribution in [0, 0.1) is 0 Å². The summed E-state index contributed by atoms with van der Waals surface area (Å²) in [7, 11) is 0. The SMILES string of the molecule is c1ccc(-c2cc(-c3ccccc3)nc(-c3ccc4sc5ccc6c(c5c4c3)Oc3ccccc3C63c4ccccc4-c4ccccc43)c2)cc1. The number of nitrogens with zero attached hydrogens (tertiary/aromatic N) is 1. The van der Waals surface area contributed by atoms with E-state index in [1.807, 2.05) is 11.3 Å². The molecule has 0 amide bonds. The molecule has 9 aromatic rings. The predicted molar refractivity (Wildman–Crippen MR) is 211 cm³/mol. The largest absolute Gasteiger partial charge is 0.456 e. The third-order valence-electron chi connectivity index (χ3n) is 10.7. The number of hydrogen-bond acceptors (Lipinski definition) is 3. The Hall–Kier alpha value is -6.29. The number of fused-ring (bicyclic) bond motifs is 13. The monoisotopic (exact) mass is 667 g/mol. The van der Waals surface area contributed by atoms with Crippen molar-refractivity contribution >= 4 is 31.5 Å². The van der Waals surface area contributed by atoms with Gasteiger partial charge in [0.05, 0.1) is 16.8 Å². The van der Waals surface area contributed by atoms with Crippen LogP contribution in [0.15, 0.2) is 176 Å². The highest BCUT2D eigenvalue weighted by molar-refractivity contribution is 7.25. The minimum absolute atomic E-state index is 0.492. The normalized spacial score (nSPS) is 13.4. The molecule has 1 aliphatic carbocycles. The highest BCUT2D eigenvalue weighted by Crippen LogP contribution is 2.63. The van der Waals surface area contributed by atoms with Gasteiger partial charge in [-0.2, -0.15) is 0 Å². The van der Waals surface area contributed by atoms with E-state index >= 15 is 0 Å². The molecule has 7 aromatic carbocycles. The van der Waals surface area contributed by atoms with Gasteiger partial charge >= 0.3 is 0 Å². The van der Waals surface area contributed by atoms with Crippen LogP contribution in [0.5, 0.6) is 11.5 Å². The average Bonchev–Trinajstić information content (AvgIpc) is 3.73. The minimum Gasteiger partial charge on any atom is -0.456 e. The van der Waals surface area contributed by atoms with E-state index in [1.165, 1.54) is 53.7 Å². The molecule has 0 fully saturated rings. The molecule has 2 aliphatic rings. The molecular formula is C48H29NOS. The topological polar surface area (TPSA) is 22.1 Å². The van der Waals surface area contributed by atoms with E-state index < -0.39 is 5.41 Å². The predicted octanol–water partition coefficient (Wildman–Crippen LogP) is 12.9. The number of pyridine rings is 1. The molecule has 11 rings (SSSR count). The first-order valence-electron chi connectivity index (χ1n) is 17.4. The van der Waals surface area contributed by atoms with E-state index in [0.717, 1.165) is 45.0 Å². The zero-order valence-corrected chi connectivity index (χ0v) is 28.3. The number of ether oxygens (including phenoxy) is 1. The van der Waals surface area contributed by atoms with Gasteiger partial charge in [0.15, 0.2) is 0 Å². The quantitative estimate of drug-likeness (QED) is 0.187. The highest BCUT2D eigenvalue weighted by atomic mass is 32.1. The van der Waals surface area contributed by atoms with Crippen molar-refractivity contribution in [3.05, 3.63) is 198 Å². The molecular weight excluding hydrogens is 639 g/mol. The van der Waals surface area contributed by atoms with Gasteiger partial charge in [0.2, 0.25) is 0 Å². The van der Waals surface area contributed by atoms with Crippen LogP contribution in [-0.4, -0.2) is 4.98 Å². The van der Waals surface area contributed by atoms with Crippen molar-refractivity contribution < 1.29 is 4.74 Å². The van der Waals surface area contributed by atoms with Crippen molar-refractivity contribution in [3.8, 4) is 56.3 Å². The van der Waals surface area contributed by atoms with Gasteiger partial charge in [0.1, 0.15) is 11.5 Å². The van der Waals surface area contributed by atoms with Gasteiger partial charge in [0, 0.05) is 42.4 Å². The zero-order chi connectivity index (χ0) is 33.5. The maximum Gasteiger partial charge on any atom is 0.141 e. The van der Waals surface area contributed by atoms with Crippen molar-refractivity contribution in [1.29, 1.82) is 0 Å². The van der Waals surface area contributed by atoms with E-state index in [9.17, 15) is 0 Å². The Balaban J connectivity index is 1.18. The van der Waals surface area contributed by atoms with Crippen molar-refractivity contribution in [2.75, 3.05) is 0 Å². The summed E-state index contributed by atoms with van der Waals surface area (Å²) in [6.45, 7) is 0. The molecule has 0 saturated carbocycles. The number of benzene rings is 7. The van der Waals surface area contributed by atoms with Crippen LogP contribution in [0.3, 0.4) is 0 Å². The third-order valence-corrected chi connectivity index (χ3v) is 11.9. The van der Waals surface area contributed by atoms with Gasteiger partial charge in [-0.3, -0.25) is 0 Å². The van der Waals surface area contributed by atoms with Gasteiger partial charge in [-0.15, -0.1) is 11.3 Å². The third kappa shape index (κ3) is 4.07. The molecule has 0 radical (unpaired) electrons. The number of hydrogen-bond donors (Lipinski definition) is 0. The second kappa shape index (κ2) is 10.9. The van der Waals surface area contributed by atoms with Gasteiger partial charge in [-0.1, -0.05) is 140 Å². The molecule has 0 atom stereocenters. The summed E-state index contributed by atoms with van der Waals surface area (Å²) in [6.07, 6.45) is 0. The summed E-state index contributed by atoms with van der Waals surface area (Å²) < 4.78 is 9.51. The fraction of sp³-hybridized carbons (Fsp3) is 0.0208. The molecule has 1 spiro atoms. The van der Waals surface area contributed by atoms with Crippen LogP contribution < -0.4 is 4.74 Å². The number of para-hydroxylation sites is 1. The summed E-state index contributed by atoms with van der Waals surface area (Å²) in [5, 5.41) is 2.35. The molecule has 3 heteroatoms. The fourth-order valence-electron chi connectivity index (χ4n) is 8.57. The van der Waals surface area contributed by atoms with Crippen molar-refractivity contribution in [2.24, 2.45) is 0 Å². The lowest BCUT2D eigenvalue weighted by Gasteiger charge is -2.39. The Bertz CT molecular complexity index is 2730. The standard InChI is InChI=1S/C48H29NOS/c1-3-13-30(14-4-1)33-28-41(31-15-5-2-6-16-31)49-42(29-33)32-23-25-44-36(27-32)46-45(51-44)26-24-40-47(46)50-43-22-12-11-21-39(43)48(40)37-19-9-7-17-34(37)35-18-8-10-20-38(35)48/h1-29H. The van der Waals surface area contributed by atoms with Crippen LogP contribution in [0.2, 0.25) is 0 Å².